The van der Waals surface area contributed by atoms with E-state index >= 15 is 0 Å². The van der Waals surface area contributed by atoms with Gasteiger partial charge in [-0.1, -0.05) is 35.3 Å². The Bertz CT molecular complexity index is 882. The third kappa shape index (κ3) is 6.95. The first-order valence-corrected chi connectivity index (χ1v) is 10.9. The molecule has 1 unspecified atom stereocenters. The number of carbonyl (C=O) groups is 2. The molecule has 0 N–H and O–H groups in total. The van der Waals surface area contributed by atoms with E-state index in [1.54, 1.807) is 23.1 Å². The third-order valence-corrected chi connectivity index (χ3v) is 5.43. The summed E-state index contributed by atoms with van der Waals surface area (Å²) in [6.07, 6.45) is 1.56. The number of furan rings is 1. The minimum absolute atomic E-state index is 0.151. The van der Waals surface area contributed by atoms with E-state index in [9.17, 15) is 14.0 Å². The molecule has 0 spiro atoms. The third-order valence-electron chi connectivity index (χ3n) is 5.05. The van der Waals surface area contributed by atoms with Gasteiger partial charge in [0.05, 0.1) is 19.2 Å². The van der Waals surface area contributed by atoms with Crippen LogP contribution in [0.15, 0.2) is 40.8 Å². The van der Waals surface area contributed by atoms with Gasteiger partial charge >= 0.3 is 0 Å². The van der Waals surface area contributed by atoms with Gasteiger partial charge in [0.25, 0.3) is 5.91 Å². The summed E-state index contributed by atoms with van der Waals surface area (Å²) < 4.78 is 24.5. The molecule has 31 heavy (non-hydrogen) atoms. The van der Waals surface area contributed by atoms with Crippen molar-refractivity contribution < 1.29 is 23.1 Å². The van der Waals surface area contributed by atoms with Gasteiger partial charge in [-0.05, 0) is 49.6 Å². The highest BCUT2D eigenvalue weighted by Crippen LogP contribution is 2.18. The Morgan fingerprint density at radius 3 is 2.45 bits per heavy atom. The van der Waals surface area contributed by atoms with Gasteiger partial charge in [0.15, 0.2) is 4.84 Å². The van der Waals surface area contributed by atoms with E-state index in [0.717, 1.165) is 24.2 Å². The van der Waals surface area contributed by atoms with Crippen LogP contribution in [-0.4, -0.2) is 52.3 Å². The zero-order valence-corrected chi connectivity index (χ0v) is 18.7. The molecule has 0 aliphatic carbocycles. The second-order valence-corrected chi connectivity index (χ2v) is 8.64. The minimum atomic E-state index is -1.27. The quantitative estimate of drug-likeness (QED) is 0.518. The number of carbonyl (C=O) groups excluding carboxylic acids is 2. The summed E-state index contributed by atoms with van der Waals surface area (Å²) in [5.74, 6) is 0.136. The average molecular weight is 471 g/mol. The lowest BCUT2D eigenvalue weighted by atomic mass is 10.2. The van der Waals surface area contributed by atoms with Crippen molar-refractivity contribution in [3.63, 3.8) is 0 Å². The van der Waals surface area contributed by atoms with E-state index in [-0.39, 0.29) is 44.0 Å². The molecule has 1 aromatic carbocycles. The van der Waals surface area contributed by atoms with Crippen LogP contribution in [0, 0.1) is 12.7 Å². The first-order valence-electron chi connectivity index (χ1n) is 10.1. The standard InChI is InChI=1S/C22H25Cl2FN2O4/c1-15-4-9-19(31-15)13-26(11-16-5-7-17(25)8-6-16)20(28)14-27(22(29)21(23)24)12-18-3-2-10-30-18/h4-9,18,21H,2-3,10-14H2,1H3. The lowest BCUT2D eigenvalue weighted by Crippen LogP contribution is -2.46. The molecule has 3 rings (SSSR count). The van der Waals surface area contributed by atoms with Crippen LogP contribution in [-0.2, 0) is 27.4 Å². The molecule has 1 aromatic heterocycles. The molecule has 2 heterocycles. The number of ether oxygens (including phenoxy) is 1. The van der Waals surface area contributed by atoms with Crippen LogP contribution in [0.5, 0.6) is 0 Å². The van der Waals surface area contributed by atoms with Crippen LogP contribution in [0.4, 0.5) is 4.39 Å². The van der Waals surface area contributed by atoms with Gasteiger partial charge in [0.1, 0.15) is 17.3 Å². The Hall–Kier alpha value is -2.09. The van der Waals surface area contributed by atoms with Crippen LogP contribution in [0.3, 0.4) is 0 Å². The van der Waals surface area contributed by atoms with Crippen molar-refractivity contribution in [2.24, 2.45) is 0 Å². The first-order chi connectivity index (χ1) is 14.8. The van der Waals surface area contributed by atoms with Crippen molar-refractivity contribution in [1.29, 1.82) is 0 Å². The molecule has 0 saturated carbocycles. The van der Waals surface area contributed by atoms with Crippen molar-refractivity contribution in [2.75, 3.05) is 19.7 Å². The predicted octanol–water partition coefficient (Wildman–Crippen LogP) is 4.07. The summed E-state index contributed by atoms with van der Waals surface area (Å²) in [5.41, 5.74) is 0.752. The van der Waals surface area contributed by atoms with E-state index in [1.807, 2.05) is 13.0 Å². The molecule has 1 fully saturated rings. The van der Waals surface area contributed by atoms with Gasteiger partial charge in [0.2, 0.25) is 5.91 Å². The second-order valence-electron chi connectivity index (χ2n) is 7.54. The number of nitrogens with zero attached hydrogens (tertiary/aromatic N) is 2. The molecule has 1 aliphatic heterocycles. The van der Waals surface area contributed by atoms with Crippen molar-refractivity contribution in [3.8, 4) is 0 Å². The molecule has 0 bridgehead atoms. The lowest BCUT2D eigenvalue weighted by molar-refractivity contribution is -0.141. The molecule has 2 aromatic rings. The number of halogens is 3. The number of aryl methyl sites for hydroxylation is 1. The zero-order chi connectivity index (χ0) is 22.4. The van der Waals surface area contributed by atoms with Crippen molar-refractivity contribution in [2.45, 2.75) is 43.8 Å². The molecule has 1 atom stereocenters. The normalized spacial score (nSPS) is 16.0. The fourth-order valence-electron chi connectivity index (χ4n) is 3.47. The fourth-order valence-corrected chi connectivity index (χ4v) is 3.74. The number of hydrogen-bond acceptors (Lipinski definition) is 4. The van der Waals surface area contributed by atoms with Gasteiger partial charge < -0.3 is 19.0 Å². The van der Waals surface area contributed by atoms with Gasteiger partial charge in [-0.2, -0.15) is 0 Å². The maximum atomic E-state index is 13.3. The number of hydrogen-bond donors (Lipinski definition) is 0. The van der Waals surface area contributed by atoms with Gasteiger partial charge in [0, 0.05) is 19.7 Å². The summed E-state index contributed by atoms with van der Waals surface area (Å²) in [4.78, 5) is 27.4. The Morgan fingerprint density at radius 1 is 1.13 bits per heavy atom. The molecular formula is C22H25Cl2FN2O4. The lowest BCUT2D eigenvalue weighted by Gasteiger charge is -2.29. The van der Waals surface area contributed by atoms with E-state index in [2.05, 4.69) is 0 Å². The molecule has 168 valence electrons. The molecule has 1 aliphatic rings. The number of alkyl halides is 2. The minimum Gasteiger partial charge on any atom is -0.464 e. The Balaban J connectivity index is 1.76. The Morgan fingerprint density at radius 2 is 1.87 bits per heavy atom. The van der Waals surface area contributed by atoms with E-state index in [4.69, 9.17) is 32.4 Å². The molecule has 9 heteroatoms. The van der Waals surface area contributed by atoms with Crippen molar-refractivity contribution >= 4 is 35.0 Å². The molecular weight excluding hydrogens is 446 g/mol. The van der Waals surface area contributed by atoms with Crippen molar-refractivity contribution in [3.05, 3.63) is 59.3 Å². The van der Waals surface area contributed by atoms with E-state index in [1.165, 1.54) is 17.0 Å². The Labute approximate surface area is 190 Å². The summed E-state index contributed by atoms with van der Waals surface area (Å²) in [6.45, 7) is 2.92. The van der Waals surface area contributed by atoms with Gasteiger partial charge in [-0.3, -0.25) is 9.59 Å². The number of rotatable bonds is 9. The monoisotopic (exact) mass is 470 g/mol. The number of amides is 2. The molecule has 6 nitrogen and oxygen atoms in total. The maximum absolute atomic E-state index is 13.3. The maximum Gasteiger partial charge on any atom is 0.256 e. The highest BCUT2D eigenvalue weighted by atomic mass is 35.5. The Kier molecular flexibility index (Phi) is 8.35. The van der Waals surface area contributed by atoms with Crippen LogP contribution in [0.1, 0.15) is 29.9 Å². The smallest absolute Gasteiger partial charge is 0.256 e. The summed E-state index contributed by atoms with van der Waals surface area (Å²) in [6, 6.07) is 9.53. The first kappa shape index (κ1) is 23.6. The van der Waals surface area contributed by atoms with Crippen LogP contribution < -0.4 is 0 Å². The summed E-state index contributed by atoms with van der Waals surface area (Å²) in [5, 5.41) is 0. The second kappa shape index (κ2) is 11.0. The van der Waals surface area contributed by atoms with E-state index in [0.29, 0.717) is 12.4 Å². The zero-order valence-electron chi connectivity index (χ0n) is 17.2. The molecule has 0 radical (unpaired) electrons. The van der Waals surface area contributed by atoms with Crippen LogP contribution in [0.25, 0.3) is 0 Å². The molecule has 2 amide bonds. The van der Waals surface area contributed by atoms with Crippen LogP contribution >= 0.6 is 23.2 Å². The highest BCUT2D eigenvalue weighted by molar-refractivity contribution is 6.53. The SMILES string of the molecule is Cc1ccc(CN(Cc2ccc(F)cc2)C(=O)CN(CC2CCCO2)C(=O)C(Cl)Cl)o1. The van der Waals surface area contributed by atoms with E-state index < -0.39 is 10.7 Å². The summed E-state index contributed by atoms with van der Waals surface area (Å²) >= 11 is 11.6. The highest BCUT2D eigenvalue weighted by Gasteiger charge is 2.29. The number of benzene rings is 1. The topological polar surface area (TPSA) is 63.0 Å². The van der Waals surface area contributed by atoms with Gasteiger partial charge in [-0.15, -0.1) is 0 Å². The fraction of sp³-hybridized carbons (Fsp3) is 0.455. The van der Waals surface area contributed by atoms with Crippen LogP contribution in [0.2, 0.25) is 0 Å². The molecule has 1 saturated heterocycles. The van der Waals surface area contributed by atoms with Crippen molar-refractivity contribution in [1.82, 2.24) is 9.80 Å². The predicted molar refractivity (Wildman–Crippen MR) is 115 cm³/mol. The largest absolute Gasteiger partial charge is 0.464 e. The summed E-state index contributed by atoms with van der Waals surface area (Å²) in [7, 11) is 0. The van der Waals surface area contributed by atoms with Gasteiger partial charge in [-0.25, -0.2) is 4.39 Å². The average Bonchev–Trinajstić information content (AvgIpc) is 3.39.